The van der Waals surface area contributed by atoms with Gasteiger partial charge >= 0.3 is 5.97 Å². The first-order chi connectivity index (χ1) is 20.7. The molecule has 1 aliphatic carbocycles. The number of hydrogen-bond donors (Lipinski definition) is 2. The highest BCUT2D eigenvalue weighted by Crippen LogP contribution is 2.48. The first kappa shape index (κ1) is 29.5. The number of anilines is 2. The molecule has 0 radical (unpaired) electrons. The second-order valence-corrected chi connectivity index (χ2v) is 10.3. The summed E-state index contributed by atoms with van der Waals surface area (Å²) < 4.78 is 27.1. The summed E-state index contributed by atoms with van der Waals surface area (Å²) in [5, 5.41) is 5.61. The summed E-state index contributed by atoms with van der Waals surface area (Å²) in [5.74, 6) is -5.47. The lowest BCUT2D eigenvalue weighted by molar-refractivity contribution is -0.146. The molecule has 5 rings (SSSR count). The second kappa shape index (κ2) is 12.9. The van der Waals surface area contributed by atoms with Gasteiger partial charge in [-0.3, -0.25) is 23.7 Å². The van der Waals surface area contributed by atoms with Crippen LogP contribution >= 0.6 is 11.6 Å². The molecule has 0 aliphatic heterocycles. The van der Waals surface area contributed by atoms with E-state index in [1.165, 1.54) is 29.0 Å². The molecule has 0 bridgehead atoms. The molecule has 0 spiro atoms. The maximum absolute atomic E-state index is 15.1. The van der Waals surface area contributed by atoms with Crippen molar-refractivity contribution in [3.63, 3.8) is 0 Å². The Kier molecular flexibility index (Phi) is 8.87. The average molecular weight is 604 g/mol. The minimum absolute atomic E-state index is 0.0742. The van der Waals surface area contributed by atoms with Crippen LogP contribution in [0.2, 0.25) is 5.02 Å². The van der Waals surface area contributed by atoms with Crippen molar-refractivity contribution < 1.29 is 28.2 Å². The quantitative estimate of drug-likeness (QED) is 0.240. The van der Waals surface area contributed by atoms with Crippen LogP contribution in [0.3, 0.4) is 0 Å². The van der Waals surface area contributed by atoms with Gasteiger partial charge in [0.2, 0.25) is 11.8 Å². The molecule has 0 unspecified atom stereocenters. The highest BCUT2D eigenvalue weighted by Gasteiger charge is 2.63. The smallest absolute Gasteiger partial charge is 0.310 e. The third kappa shape index (κ3) is 6.92. The van der Waals surface area contributed by atoms with Crippen LogP contribution in [0.15, 0.2) is 95.9 Å². The van der Waals surface area contributed by atoms with Gasteiger partial charge in [0, 0.05) is 29.0 Å². The zero-order valence-corrected chi connectivity index (χ0v) is 23.7. The van der Waals surface area contributed by atoms with Crippen LogP contribution in [0.1, 0.15) is 12.5 Å². The fourth-order valence-corrected chi connectivity index (χ4v) is 4.86. The lowest BCUT2D eigenvalue weighted by Crippen LogP contribution is -2.21. The van der Waals surface area contributed by atoms with Crippen molar-refractivity contribution in [1.29, 1.82) is 0 Å². The summed E-state index contributed by atoms with van der Waals surface area (Å²) >= 11 is 5.89. The Bertz CT molecular complexity index is 1710. The average Bonchev–Trinajstić information content (AvgIpc) is 3.76. The number of carbonyl (C=O) groups is 3. The lowest BCUT2D eigenvalue weighted by Gasteiger charge is -2.11. The van der Waals surface area contributed by atoms with Crippen molar-refractivity contribution in [1.82, 2.24) is 4.57 Å². The van der Waals surface area contributed by atoms with E-state index >= 15 is 4.39 Å². The van der Waals surface area contributed by atoms with Crippen LogP contribution in [-0.2, 0) is 25.7 Å². The molecule has 4 aromatic rings. The lowest BCUT2D eigenvalue weighted by atomic mass is 10.2. The van der Waals surface area contributed by atoms with Crippen molar-refractivity contribution >= 4 is 40.8 Å². The predicted molar refractivity (Wildman–Crippen MR) is 159 cm³/mol. The van der Waals surface area contributed by atoms with Crippen molar-refractivity contribution in [3.8, 4) is 11.4 Å². The van der Waals surface area contributed by atoms with Gasteiger partial charge in [-0.05, 0) is 55.0 Å². The van der Waals surface area contributed by atoms with Crippen molar-refractivity contribution in [2.75, 3.05) is 17.2 Å². The number of pyridine rings is 1. The van der Waals surface area contributed by atoms with Gasteiger partial charge in [0.15, 0.2) is 0 Å². The van der Waals surface area contributed by atoms with Crippen LogP contribution in [-0.4, -0.2) is 29.0 Å². The molecule has 2 N–H and O–H groups in total. The number of carbonyl (C=O) groups excluding carboxylic acids is 3. The number of esters is 1. The van der Waals surface area contributed by atoms with Gasteiger partial charge in [0.25, 0.3) is 5.56 Å². The summed E-state index contributed by atoms with van der Waals surface area (Å²) in [4.78, 5) is 51.3. The number of nitrogens with one attached hydrogen (secondary N) is 2. The normalized spacial score (nSPS) is 17.0. The molecule has 1 heterocycles. The van der Waals surface area contributed by atoms with E-state index < -0.39 is 46.9 Å². The second-order valence-electron chi connectivity index (χ2n) is 9.82. The first-order valence-electron chi connectivity index (χ1n) is 13.5. The van der Waals surface area contributed by atoms with E-state index in [2.05, 4.69) is 10.6 Å². The van der Waals surface area contributed by atoms with Crippen LogP contribution < -0.4 is 20.9 Å². The van der Waals surface area contributed by atoms with E-state index in [0.717, 1.165) is 11.6 Å². The van der Waals surface area contributed by atoms with E-state index in [1.807, 2.05) is 30.3 Å². The third-order valence-corrected chi connectivity index (χ3v) is 7.18. The molecular formula is C32H27ClFN3O6. The van der Waals surface area contributed by atoms with Crippen molar-refractivity contribution in [3.05, 3.63) is 118 Å². The molecule has 1 fully saturated rings. The Morgan fingerprint density at radius 3 is 2.23 bits per heavy atom. The zero-order valence-electron chi connectivity index (χ0n) is 23.0. The van der Waals surface area contributed by atoms with Gasteiger partial charge < -0.3 is 20.1 Å². The van der Waals surface area contributed by atoms with Crippen molar-refractivity contribution in [2.45, 2.75) is 13.5 Å². The number of hydrogen-bond acceptors (Lipinski definition) is 6. The molecule has 11 heteroatoms. The largest absolute Gasteiger partial charge is 0.489 e. The molecule has 3 aromatic carbocycles. The Morgan fingerprint density at radius 1 is 0.884 bits per heavy atom. The Morgan fingerprint density at radius 2 is 1.58 bits per heavy atom. The molecular weight excluding hydrogens is 577 g/mol. The molecule has 0 saturated heterocycles. The molecule has 220 valence electrons. The Balaban J connectivity index is 1.26. The standard InChI is InChI=1S/C32H27ClFN3O6/c1-2-42-32(41)29-27(30(39)35-21-10-8-20(33)9-11-21)28(29)31(40)36-25-13-12-22(16-24(25)34)37-15-14-23(17-26(37)38)43-18-19-6-4-3-5-7-19/h3-17,27-29H,2,18H2,1H3,(H,35,39)(H,36,40)/t27-,28-,29-/m0/s1. The molecule has 1 aromatic heterocycles. The Labute approximate surface area is 251 Å². The van der Waals surface area contributed by atoms with Gasteiger partial charge in [0.1, 0.15) is 18.2 Å². The summed E-state index contributed by atoms with van der Waals surface area (Å²) in [7, 11) is 0. The number of amides is 2. The minimum Gasteiger partial charge on any atom is -0.489 e. The fourth-order valence-electron chi connectivity index (χ4n) is 4.73. The number of halogens is 2. The van der Waals surface area contributed by atoms with E-state index in [4.69, 9.17) is 21.1 Å². The van der Waals surface area contributed by atoms with E-state index in [0.29, 0.717) is 16.5 Å². The summed E-state index contributed by atoms with van der Waals surface area (Å²) in [6, 6.07) is 22.6. The zero-order chi connectivity index (χ0) is 30.5. The number of rotatable bonds is 10. The fraction of sp³-hybridized carbons (Fsp3) is 0.188. The summed E-state index contributed by atoms with van der Waals surface area (Å²) in [6.45, 7) is 1.98. The van der Waals surface area contributed by atoms with Crippen LogP contribution in [0, 0.1) is 23.6 Å². The number of benzene rings is 3. The molecule has 3 atom stereocenters. The number of ether oxygens (including phenoxy) is 2. The summed E-state index contributed by atoms with van der Waals surface area (Å²) in [6.07, 6.45) is 1.47. The monoisotopic (exact) mass is 603 g/mol. The number of nitrogens with zero attached hydrogens (tertiary/aromatic N) is 1. The minimum atomic E-state index is -1.06. The highest BCUT2D eigenvalue weighted by atomic mass is 35.5. The van der Waals surface area contributed by atoms with E-state index in [-0.39, 0.29) is 24.6 Å². The molecule has 9 nitrogen and oxygen atoms in total. The van der Waals surface area contributed by atoms with Gasteiger partial charge in [-0.15, -0.1) is 0 Å². The van der Waals surface area contributed by atoms with Crippen molar-refractivity contribution in [2.24, 2.45) is 17.8 Å². The van der Waals surface area contributed by atoms with Crippen LogP contribution in [0.25, 0.3) is 5.69 Å². The molecule has 1 saturated carbocycles. The van der Waals surface area contributed by atoms with E-state index in [9.17, 15) is 19.2 Å². The first-order valence-corrected chi connectivity index (χ1v) is 13.9. The molecule has 1 aliphatic rings. The molecule has 2 amide bonds. The van der Waals surface area contributed by atoms with Crippen LogP contribution in [0.4, 0.5) is 15.8 Å². The Hall–Kier alpha value is -4.96. The van der Waals surface area contributed by atoms with Gasteiger partial charge in [-0.25, -0.2) is 4.39 Å². The van der Waals surface area contributed by atoms with Crippen LogP contribution in [0.5, 0.6) is 5.75 Å². The van der Waals surface area contributed by atoms with E-state index in [1.54, 1.807) is 37.3 Å². The van der Waals surface area contributed by atoms with Gasteiger partial charge in [-0.1, -0.05) is 41.9 Å². The van der Waals surface area contributed by atoms with Gasteiger partial charge in [-0.2, -0.15) is 0 Å². The topological polar surface area (TPSA) is 116 Å². The summed E-state index contributed by atoms with van der Waals surface area (Å²) in [5.41, 5.74) is 1.00. The predicted octanol–water partition coefficient (Wildman–Crippen LogP) is 5.21. The maximum Gasteiger partial charge on any atom is 0.310 e. The molecule has 43 heavy (non-hydrogen) atoms. The number of aromatic nitrogens is 1. The highest BCUT2D eigenvalue weighted by molar-refractivity contribution is 6.30. The maximum atomic E-state index is 15.1. The third-order valence-electron chi connectivity index (χ3n) is 6.92. The SMILES string of the molecule is CCOC(=O)[C@H]1[C@@H](C(=O)Nc2ccc(Cl)cc2)[C@@H]1C(=O)Nc1ccc(-n2ccc(OCc3ccccc3)cc2=O)cc1F. The van der Waals surface area contributed by atoms with Gasteiger partial charge in [0.05, 0.1) is 35.7 Å².